The minimum Gasteiger partial charge on any atom is -0.494 e. The number of carbonyl (C=O) groups is 1. The zero-order chi connectivity index (χ0) is 26.2. The SMILES string of the molecule is CC1C(C2=NC=CC3C(N4CCSCC4)=C(C(=O)NN4CCOC5=C4C=CCC5)C=NC23)=CC(F)=CC1F. The molecule has 4 unspecified atom stereocenters. The minimum absolute atomic E-state index is 0.228. The Balaban J connectivity index is 1.33. The number of ether oxygens (including phenoxy) is 1. The molecule has 0 spiro atoms. The van der Waals surface area contributed by atoms with Crippen molar-refractivity contribution < 1.29 is 18.3 Å². The minimum atomic E-state index is -1.42. The molecule has 4 aliphatic heterocycles. The summed E-state index contributed by atoms with van der Waals surface area (Å²) in [6.07, 6.45) is 12.1. The third-order valence-corrected chi connectivity index (χ3v) is 8.72. The van der Waals surface area contributed by atoms with Gasteiger partial charge in [-0.1, -0.05) is 19.1 Å². The molecule has 10 heteroatoms. The maximum absolute atomic E-state index is 14.6. The Hall–Kier alpha value is -3.14. The van der Waals surface area contributed by atoms with E-state index in [4.69, 9.17) is 9.73 Å². The molecule has 0 aromatic rings. The van der Waals surface area contributed by atoms with Gasteiger partial charge in [-0.3, -0.25) is 25.2 Å². The van der Waals surface area contributed by atoms with Crippen LogP contribution in [0, 0.1) is 11.8 Å². The lowest BCUT2D eigenvalue weighted by molar-refractivity contribution is -0.121. The summed E-state index contributed by atoms with van der Waals surface area (Å²) in [7, 11) is 0. The molecule has 0 bridgehead atoms. The van der Waals surface area contributed by atoms with Crippen molar-refractivity contribution >= 4 is 29.6 Å². The summed E-state index contributed by atoms with van der Waals surface area (Å²) in [5.41, 5.74) is 6.47. The Morgan fingerprint density at radius 1 is 1.26 bits per heavy atom. The van der Waals surface area contributed by atoms with E-state index in [1.807, 2.05) is 28.9 Å². The largest absolute Gasteiger partial charge is 0.494 e. The summed E-state index contributed by atoms with van der Waals surface area (Å²) < 4.78 is 34.6. The number of allylic oxidation sites excluding steroid dienone is 6. The molecule has 0 radical (unpaired) electrons. The van der Waals surface area contributed by atoms with Gasteiger partial charge in [-0.05, 0) is 30.2 Å². The average Bonchev–Trinajstić information content (AvgIpc) is 2.94. The van der Waals surface area contributed by atoms with Gasteiger partial charge in [-0.25, -0.2) is 8.78 Å². The molecule has 2 aliphatic carbocycles. The number of hydrazine groups is 1. The van der Waals surface area contributed by atoms with Gasteiger partial charge in [0.15, 0.2) is 0 Å². The van der Waals surface area contributed by atoms with Gasteiger partial charge in [0.1, 0.15) is 30.4 Å². The molecule has 1 fully saturated rings. The molecule has 200 valence electrons. The molecule has 0 aromatic carbocycles. The monoisotopic (exact) mass is 539 g/mol. The topological polar surface area (TPSA) is 69.5 Å². The average molecular weight is 540 g/mol. The van der Waals surface area contributed by atoms with E-state index in [9.17, 15) is 13.6 Å². The first-order chi connectivity index (χ1) is 18.5. The van der Waals surface area contributed by atoms with Gasteiger partial charge in [0, 0.05) is 61.0 Å². The summed E-state index contributed by atoms with van der Waals surface area (Å²) in [6, 6.07) is -0.452. The summed E-state index contributed by atoms with van der Waals surface area (Å²) in [4.78, 5) is 25.4. The van der Waals surface area contributed by atoms with Gasteiger partial charge >= 0.3 is 0 Å². The van der Waals surface area contributed by atoms with Crippen molar-refractivity contribution in [2.24, 2.45) is 21.8 Å². The van der Waals surface area contributed by atoms with Gasteiger partial charge in [0.2, 0.25) is 0 Å². The van der Waals surface area contributed by atoms with Gasteiger partial charge in [-0.2, -0.15) is 11.8 Å². The number of aliphatic imine (C=N–C) groups is 2. The molecule has 4 heterocycles. The van der Waals surface area contributed by atoms with Crippen LogP contribution in [-0.2, 0) is 9.53 Å². The van der Waals surface area contributed by atoms with Gasteiger partial charge < -0.3 is 9.64 Å². The van der Waals surface area contributed by atoms with Crippen LogP contribution < -0.4 is 5.43 Å². The Labute approximate surface area is 225 Å². The number of rotatable bonds is 4. The lowest BCUT2D eigenvalue weighted by atomic mass is 9.78. The highest BCUT2D eigenvalue weighted by molar-refractivity contribution is 7.99. The van der Waals surface area contributed by atoms with Crippen molar-refractivity contribution in [1.29, 1.82) is 0 Å². The fraction of sp³-hybridized carbons (Fsp3) is 0.464. The zero-order valence-electron chi connectivity index (χ0n) is 21.3. The van der Waals surface area contributed by atoms with E-state index in [2.05, 4.69) is 21.4 Å². The molecular formula is C28H31F2N5O2S. The predicted molar refractivity (Wildman–Crippen MR) is 146 cm³/mol. The van der Waals surface area contributed by atoms with Crippen LogP contribution >= 0.6 is 11.8 Å². The summed E-state index contributed by atoms with van der Waals surface area (Å²) in [6.45, 7) is 4.43. The molecule has 1 amide bonds. The number of nitrogens with zero attached hydrogens (tertiary/aromatic N) is 4. The molecule has 38 heavy (non-hydrogen) atoms. The molecule has 0 aromatic heterocycles. The van der Waals surface area contributed by atoms with Crippen LogP contribution in [0.1, 0.15) is 19.8 Å². The smallest absolute Gasteiger partial charge is 0.273 e. The number of halogens is 2. The van der Waals surface area contributed by atoms with E-state index in [1.165, 1.54) is 6.08 Å². The standard InChI is InChI=1S/C28H31F2N5O2S/c1-17-20(14-18(29)15-22(17)30)26-25-19(6-7-31-26)27(34-9-12-38-13-10-34)21(16-32-25)28(36)33-35-8-11-37-24-5-3-2-4-23(24)35/h2,4,6-7,14-17,19,22,25H,3,5,8-13H2,1H3,(H,33,36). The Kier molecular flexibility index (Phi) is 6.99. The quantitative estimate of drug-likeness (QED) is 0.585. The lowest BCUT2D eigenvalue weighted by Gasteiger charge is -2.41. The van der Waals surface area contributed by atoms with E-state index in [0.717, 1.165) is 60.7 Å². The lowest BCUT2D eigenvalue weighted by Crippen LogP contribution is -2.49. The first-order valence-corrected chi connectivity index (χ1v) is 14.4. The summed E-state index contributed by atoms with van der Waals surface area (Å²) in [5, 5.41) is 1.86. The molecule has 1 N–H and O–H groups in total. The summed E-state index contributed by atoms with van der Waals surface area (Å²) >= 11 is 1.89. The Morgan fingerprint density at radius 3 is 2.95 bits per heavy atom. The molecule has 1 saturated heterocycles. The maximum atomic E-state index is 14.6. The third kappa shape index (κ3) is 4.63. The molecule has 6 rings (SSSR count). The molecular weight excluding hydrogens is 508 g/mol. The van der Waals surface area contributed by atoms with Crippen molar-refractivity contribution in [2.45, 2.75) is 32.0 Å². The van der Waals surface area contributed by atoms with Crippen LogP contribution in [0.3, 0.4) is 0 Å². The fourth-order valence-corrected chi connectivity index (χ4v) is 6.68. The van der Waals surface area contributed by atoms with Crippen LogP contribution in [0.15, 0.2) is 80.7 Å². The number of carbonyl (C=O) groups excluding carboxylic acids is 1. The number of fused-ring (bicyclic) bond motifs is 1. The van der Waals surface area contributed by atoms with Crippen LogP contribution in [0.25, 0.3) is 0 Å². The number of nitrogens with one attached hydrogen (secondary N) is 1. The van der Waals surface area contributed by atoms with Crippen molar-refractivity contribution in [3.8, 4) is 0 Å². The van der Waals surface area contributed by atoms with E-state index in [0.29, 0.717) is 30.0 Å². The van der Waals surface area contributed by atoms with Crippen molar-refractivity contribution in [2.75, 3.05) is 37.7 Å². The van der Waals surface area contributed by atoms with Crippen molar-refractivity contribution in [3.05, 3.63) is 70.7 Å². The highest BCUT2D eigenvalue weighted by Crippen LogP contribution is 2.38. The van der Waals surface area contributed by atoms with Gasteiger partial charge in [0.25, 0.3) is 5.91 Å². The first-order valence-electron chi connectivity index (χ1n) is 13.2. The fourth-order valence-electron chi connectivity index (χ4n) is 5.78. The number of hydrogen-bond donors (Lipinski definition) is 1. The molecule has 0 saturated carbocycles. The number of dihydropyridines is 1. The van der Waals surface area contributed by atoms with Crippen molar-refractivity contribution in [1.82, 2.24) is 15.3 Å². The third-order valence-electron chi connectivity index (χ3n) is 7.77. The Bertz CT molecular complexity index is 1260. The van der Waals surface area contributed by atoms with E-state index in [-0.39, 0.29) is 11.8 Å². The number of amides is 1. The highest BCUT2D eigenvalue weighted by Gasteiger charge is 2.41. The van der Waals surface area contributed by atoms with Crippen LogP contribution in [0.5, 0.6) is 0 Å². The van der Waals surface area contributed by atoms with E-state index in [1.54, 1.807) is 19.3 Å². The van der Waals surface area contributed by atoms with Gasteiger partial charge in [-0.15, -0.1) is 0 Å². The number of hydrogen-bond acceptors (Lipinski definition) is 7. The first kappa shape index (κ1) is 25.2. The van der Waals surface area contributed by atoms with Crippen LogP contribution in [0.4, 0.5) is 8.78 Å². The number of alkyl halides is 1. The zero-order valence-corrected chi connectivity index (χ0v) is 22.1. The second-order valence-corrected chi connectivity index (χ2v) is 11.3. The van der Waals surface area contributed by atoms with Crippen molar-refractivity contribution in [3.63, 3.8) is 0 Å². The second kappa shape index (κ2) is 10.6. The van der Waals surface area contributed by atoms with E-state index < -0.39 is 24.0 Å². The van der Waals surface area contributed by atoms with Crippen LogP contribution in [-0.4, -0.2) is 77.7 Å². The number of thioether (sulfide) groups is 1. The second-order valence-electron chi connectivity index (χ2n) is 10.1. The Morgan fingerprint density at radius 2 is 2.11 bits per heavy atom. The maximum Gasteiger partial charge on any atom is 0.273 e. The summed E-state index contributed by atoms with van der Waals surface area (Å²) in [5.74, 6) is 1.20. The molecule has 4 atom stereocenters. The predicted octanol–water partition coefficient (Wildman–Crippen LogP) is 4.02. The molecule has 7 nitrogen and oxygen atoms in total. The van der Waals surface area contributed by atoms with Crippen LogP contribution in [0.2, 0.25) is 0 Å². The highest BCUT2D eigenvalue weighted by atomic mass is 32.2. The van der Waals surface area contributed by atoms with E-state index >= 15 is 0 Å². The van der Waals surface area contributed by atoms with Gasteiger partial charge in [0.05, 0.1) is 23.5 Å². The normalized spacial score (nSPS) is 30.8. The molecule has 6 aliphatic rings.